The highest BCUT2D eigenvalue weighted by molar-refractivity contribution is 6.42. The van der Waals surface area contributed by atoms with Gasteiger partial charge in [-0.2, -0.15) is 0 Å². The number of Topliss-reactive ketones (excluding diaryl/α,β-unsaturated/α-hetero) is 1. The molecular weight excluding hydrogens is 657 g/mol. The van der Waals surface area contributed by atoms with E-state index in [0.29, 0.717) is 80.8 Å². The molecule has 0 saturated carbocycles. The fourth-order valence-corrected chi connectivity index (χ4v) is 6.53. The monoisotopic (exact) mass is 689 g/mol. The molecule has 1 atom stereocenters. The summed E-state index contributed by atoms with van der Waals surface area (Å²) in [7, 11) is 0. The van der Waals surface area contributed by atoms with E-state index in [1.807, 2.05) is 73.7 Å². The first kappa shape index (κ1) is 32.8. The summed E-state index contributed by atoms with van der Waals surface area (Å²) >= 11 is 18.5. The molecule has 1 heterocycles. The summed E-state index contributed by atoms with van der Waals surface area (Å²) < 4.78 is 12.3. The van der Waals surface area contributed by atoms with Crippen LogP contribution in [-0.4, -0.2) is 18.4 Å². The maximum Gasteiger partial charge on any atom is 0.327 e. The van der Waals surface area contributed by atoms with Gasteiger partial charge in [-0.25, -0.2) is 4.79 Å². The Morgan fingerprint density at radius 1 is 0.915 bits per heavy atom. The second kappa shape index (κ2) is 13.5. The molecule has 242 valence electrons. The number of nitrogens with one attached hydrogen (secondary N) is 2. The van der Waals surface area contributed by atoms with Crippen molar-refractivity contribution in [2.24, 2.45) is 5.41 Å². The van der Waals surface area contributed by atoms with Gasteiger partial charge in [-0.1, -0.05) is 79.0 Å². The first-order valence-corrected chi connectivity index (χ1v) is 16.5. The Hall–Kier alpha value is -4.17. The van der Waals surface area contributed by atoms with Crippen molar-refractivity contribution in [2.75, 3.05) is 22.1 Å². The molecule has 2 aliphatic rings. The number of urea groups is 1. The molecule has 0 spiro atoms. The Kier molecular flexibility index (Phi) is 9.42. The normalized spacial score (nSPS) is 16.9. The van der Waals surface area contributed by atoms with Gasteiger partial charge in [-0.05, 0) is 84.5 Å². The number of fused-ring (bicyclic) bond motifs is 1. The molecule has 0 fully saturated rings. The zero-order valence-electron chi connectivity index (χ0n) is 26.2. The number of ketones is 1. The van der Waals surface area contributed by atoms with Gasteiger partial charge >= 0.3 is 6.03 Å². The minimum Gasteiger partial charge on any atom is -0.490 e. The summed E-state index contributed by atoms with van der Waals surface area (Å²) in [6, 6.07) is 24.2. The van der Waals surface area contributed by atoms with Crippen LogP contribution in [0.2, 0.25) is 15.1 Å². The summed E-state index contributed by atoms with van der Waals surface area (Å²) in [6.07, 6.45) is 0.963. The van der Waals surface area contributed by atoms with Crippen molar-refractivity contribution in [3.8, 4) is 11.5 Å². The molecule has 1 aliphatic carbocycles. The Morgan fingerprint density at radius 2 is 1.68 bits per heavy atom. The van der Waals surface area contributed by atoms with Crippen LogP contribution in [-0.2, 0) is 11.4 Å². The summed E-state index contributed by atoms with van der Waals surface area (Å²) in [5.74, 6) is 1.00. The van der Waals surface area contributed by atoms with Crippen LogP contribution < -0.4 is 25.0 Å². The van der Waals surface area contributed by atoms with Crippen LogP contribution in [0.3, 0.4) is 0 Å². The van der Waals surface area contributed by atoms with Crippen LogP contribution in [0.25, 0.3) is 0 Å². The molecule has 1 aliphatic heterocycles. The molecule has 0 aromatic heterocycles. The van der Waals surface area contributed by atoms with E-state index in [-0.39, 0.29) is 11.2 Å². The van der Waals surface area contributed by atoms with Crippen molar-refractivity contribution in [2.45, 2.75) is 46.3 Å². The van der Waals surface area contributed by atoms with Gasteiger partial charge in [-0.15, -0.1) is 0 Å². The van der Waals surface area contributed by atoms with Crippen molar-refractivity contribution in [3.05, 3.63) is 122 Å². The van der Waals surface area contributed by atoms with E-state index in [2.05, 4.69) is 24.5 Å². The van der Waals surface area contributed by atoms with E-state index in [9.17, 15) is 9.59 Å². The summed E-state index contributed by atoms with van der Waals surface area (Å²) in [4.78, 5) is 30.2. The number of hydrogen-bond acceptors (Lipinski definition) is 5. The van der Waals surface area contributed by atoms with Crippen LogP contribution in [0.1, 0.15) is 50.8 Å². The molecule has 0 bridgehead atoms. The van der Waals surface area contributed by atoms with Crippen molar-refractivity contribution >= 4 is 63.7 Å². The van der Waals surface area contributed by atoms with Crippen LogP contribution in [0.4, 0.5) is 21.9 Å². The highest BCUT2D eigenvalue weighted by Crippen LogP contribution is 2.49. The van der Waals surface area contributed by atoms with Gasteiger partial charge in [-0.3, -0.25) is 9.69 Å². The number of carbonyl (C=O) groups excluding carboxylic acids is 2. The molecule has 10 heteroatoms. The molecule has 4 aromatic rings. The topological polar surface area (TPSA) is 79.9 Å². The Labute approximate surface area is 289 Å². The largest absolute Gasteiger partial charge is 0.490 e. The number of anilines is 3. The van der Waals surface area contributed by atoms with E-state index < -0.39 is 12.1 Å². The van der Waals surface area contributed by atoms with Gasteiger partial charge in [0.1, 0.15) is 6.61 Å². The second-order valence-electron chi connectivity index (χ2n) is 12.4. The van der Waals surface area contributed by atoms with Gasteiger partial charge in [0, 0.05) is 28.4 Å². The first-order valence-electron chi connectivity index (χ1n) is 15.3. The standard InChI is InChI=1S/C37H34Cl3N3O4/c1-4-46-33-17-23(11-16-32(33)47-21-22-9-12-24(38)13-10-22)35-34-29(19-37(2,3)20-31(34)44)42-28-7-5-6-8-30(28)43(35)36(45)41-25-14-15-26(39)27(40)18-25/h5-18,35,42H,4,19-21H2,1-3H3,(H,41,45). The second-order valence-corrected chi connectivity index (χ2v) is 13.6. The summed E-state index contributed by atoms with van der Waals surface area (Å²) in [5.41, 5.74) is 4.47. The number of halogens is 3. The third-order valence-electron chi connectivity index (χ3n) is 8.18. The number of benzene rings is 4. The van der Waals surface area contributed by atoms with Crippen LogP contribution in [0, 0.1) is 5.41 Å². The number of rotatable bonds is 7. The molecule has 4 aromatic carbocycles. The van der Waals surface area contributed by atoms with E-state index >= 15 is 0 Å². The average molecular weight is 691 g/mol. The van der Waals surface area contributed by atoms with Crippen molar-refractivity contribution in [1.82, 2.24) is 0 Å². The lowest BCUT2D eigenvalue weighted by Crippen LogP contribution is -2.41. The molecule has 6 rings (SSSR count). The van der Waals surface area contributed by atoms with Crippen molar-refractivity contribution in [3.63, 3.8) is 0 Å². The number of carbonyl (C=O) groups is 2. The number of para-hydroxylation sites is 2. The molecule has 2 N–H and O–H groups in total. The van der Waals surface area contributed by atoms with Crippen molar-refractivity contribution < 1.29 is 19.1 Å². The molecule has 7 nitrogen and oxygen atoms in total. The van der Waals surface area contributed by atoms with Crippen LogP contribution in [0.5, 0.6) is 11.5 Å². The fraction of sp³-hybridized carbons (Fsp3) is 0.243. The zero-order valence-corrected chi connectivity index (χ0v) is 28.5. The smallest absolute Gasteiger partial charge is 0.327 e. The van der Waals surface area contributed by atoms with Gasteiger partial charge in [0.15, 0.2) is 17.3 Å². The first-order chi connectivity index (χ1) is 22.5. The minimum atomic E-state index is -0.794. The Bertz CT molecular complexity index is 1870. The highest BCUT2D eigenvalue weighted by atomic mass is 35.5. The third-order valence-corrected chi connectivity index (χ3v) is 9.17. The third kappa shape index (κ3) is 7.08. The van der Waals surface area contributed by atoms with E-state index in [0.717, 1.165) is 11.3 Å². The van der Waals surface area contributed by atoms with Gasteiger partial charge in [0.25, 0.3) is 0 Å². The maximum atomic E-state index is 14.4. The molecule has 2 amide bonds. The predicted octanol–water partition coefficient (Wildman–Crippen LogP) is 10.5. The fourth-order valence-electron chi connectivity index (χ4n) is 6.11. The SMILES string of the molecule is CCOc1cc(C2C3=C(CC(C)(C)CC3=O)Nc3ccccc3N2C(=O)Nc2ccc(Cl)c(Cl)c2)ccc1OCc1ccc(Cl)cc1. The summed E-state index contributed by atoms with van der Waals surface area (Å²) in [6.45, 7) is 6.75. The predicted molar refractivity (Wildman–Crippen MR) is 189 cm³/mol. The average Bonchev–Trinajstić information content (AvgIpc) is 3.17. The number of nitrogens with zero attached hydrogens (tertiary/aromatic N) is 1. The lowest BCUT2D eigenvalue weighted by molar-refractivity contribution is -0.118. The molecular formula is C37H34Cl3N3O4. The lowest BCUT2D eigenvalue weighted by Gasteiger charge is -2.37. The molecule has 1 unspecified atom stereocenters. The van der Waals surface area contributed by atoms with Gasteiger partial charge in [0.2, 0.25) is 0 Å². The molecule has 47 heavy (non-hydrogen) atoms. The van der Waals surface area contributed by atoms with Gasteiger partial charge < -0.3 is 20.1 Å². The summed E-state index contributed by atoms with van der Waals surface area (Å²) in [5, 5.41) is 7.86. The number of ether oxygens (including phenoxy) is 2. The van der Waals surface area contributed by atoms with Crippen LogP contribution in [0.15, 0.2) is 96.2 Å². The van der Waals surface area contributed by atoms with Crippen molar-refractivity contribution in [1.29, 1.82) is 0 Å². The quantitative estimate of drug-likeness (QED) is 0.202. The maximum absolute atomic E-state index is 14.4. The minimum absolute atomic E-state index is 0.0325. The zero-order chi connectivity index (χ0) is 33.3. The van der Waals surface area contributed by atoms with E-state index in [1.54, 1.807) is 23.1 Å². The number of hydrogen-bond donors (Lipinski definition) is 2. The van der Waals surface area contributed by atoms with E-state index in [1.165, 1.54) is 0 Å². The van der Waals surface area contributed by atoms with Gasteiger partial charge in [0.05, 0.1) is 34.1 Å². The Morgan fingerprint density at radius 3 is 2.43 bits per heavy atom. The molecule has 0 saturated heterocycles. The Balaban J connectivity index is 1.48. The number of amides is 2. The number of allylic oxidation sites excluding steroid dienone is 1. The lowest BCUT2D eigenvalue weighted by atomic mass is 9.73. The van der Waals surface area contributed by atoms with Crippen LogP contribution >= 0.6 is 34.8 Å². The molecule has 0 radical (unpaired) electrons. The van der Waals surface area contributed by atoms with E-state index in [4.69, 9.17) is 44.3 Å². The highest BCUT2D eigenvalue weighted by Gasteiger charge is 2.43.